The van der Waals surface area contributed by atoms with Crippen LogP contribution in [0.1, 0.15) is 219 Å². The van der Waals surface area contributed by atoms with Crippen LogP contribution in [0.5, 0.6) is 0 Å². The predicted molar refractivity (Wildman–Crippen MR) is 251 cm³/mol. The number of carbonyl (C=O) groups is 2. The third kappa shape index (κ3) is 45.8. The highest BCUT2D eigenvalue weighted by Gasteiger charge is 2.15. The quantitative estimate of drug-likeness (QED) is 0.0377. The molecule has 0 rings (SSSR count). The van der Waals surface area contributed by atoms with Crippen molar-refractivity contribution < 1.29 is 24.2 Å². The van der Waals surface area contributed by atoms with Gasteiger partial charge < -0.3 is 14.6 Å². The number of ether oxygens (including phenoxy) is 2. The van der Waals surface area contributed by atoms with E-state index in [1.165, 1.54) is 128 Å². The highest BCUT2D eigenvalue weighted by atomic mass is 16.6. The summed E-state index contributed by atoms with van der Waals surface area (Å²) < 4.78 is 10.6. The van der Waals surface area contributed by atoms with Gasteiger partial charge in [0, 0.05) is 12.8 Å². The highest BCUT2D eigenvalue weighted by molar-refractivity contribution is 5.70. The smallest absolute Gasteiger partial charge is 0.306 e. The van der Waals surface area contributed by atoms with Gasteiger partial charge in [-0.1, -0.05) is 214 Å². The van der Waals surface area contributed by atoms with Crippen LogP contribution in [0.25, 0.3) is 0 Å². The number of unbranched alkanes of at least 4 members (excludes halogenated alkanes) is 21. The van der Waals surface area contributed by atoms with Crippen LogP contribution in [0.2, 0.25) is 0 Å². The molecule has 5 heteroatoms. The number of carbonyl (C=O) groups excluding carboxylic acids is 2. The molecule has 0 radical (unpaired) electrons. The molecular weight excluding hydrogens is 717 g/mol. The Bertz CT molecular complexity index is 1090. The van der Waals surface area contributed by atoms with E-state index in [2.05, 4.69) is 86.8 Å². The second-order valence-corrected chi connectivity index (χ2v) is 15.8. The van der Waals surface area contributed by atoms with E-state index in [-0.39, 0.29) is 25.6 Å². The maximum absolute atomic E-state index is 12.1. The normalized spacial score (nSPS) is 12.9. The summed E-state index contributed by atoms with van der Waals surface area (Å²) >= 11 is 0. The number of rotatable bonds is 43. The van der Waals surface area contributed by atoms with Gasteiger partial charge in [0.2, 0.25) is 0 Å². The van der Waals surface area contributed by atoms with E-state index < -0.39 is 12.1 Å². The molecule has 332 valence electrons. The Morgan fingerprint density at radius 3 is 1.19 bits per heavy atom. The average molecular weight is 807 g/mol. The Hall–Kier alpha value is -2.92. The zero-order chi connectivity index (χ0) is 42.1. The number of allylic oxidation sites excluding steroid dienone is 14. The van der Waals surface area contributed by atoms with Crippen molar-refractivity contribution in [2.45, 2.75) is 225 Å². The molecule has 0 aliphatic heterocycles. The Morgan fingerprint density at radius 2 is 0.776 bits per heavy atom. The summed E-state index contributed by atoms with van der Waals surface area (Å²) in [4.78, 5) is 24.3. The van der Waals surface area contributed by atoms with E-state index in [0.717, 1.165) is 57.8 Å². The summed E-state index contributed by atoms with van der Waals surface area (Å²) in [7, 11) is 0. The Kier molecular flexibility index (Phi) is 46.0. The van der Waals surface area contributed by atoms with Crippen LogP contribution in [-0.4, -0.2) is 36.4 Å². The molecule has 1 unspecified atom stereocenters. The summed E-state index contributed by atoms with van der Waals surface area (Å²) in [5.74, 6) is -0.687. The van der Waals surface area contributed by atoms with Crippen molar-refractivity contribution in [1.82, 2.24) is 0 Å². The van der Waals surface area contributed by atoms with Gasteiger partial charge in [-0.25, -0.2) is 0 Å². The molecule has 0 aliphatic rings. The second kappa shape index (κ2) is 48.4. The standard InChI is InChI=1S/C53H90O5/c1-3-5-7-9-11-13-15-17-18-19-20-21-22-23-24-25-26-27-28-29-30-31-32-33-34-36-37-39-41-43-45-47-52(55)57-50-51(49-54)58-53(56)48-46-44-42-40-38-35-16-14-12-10-8-6-4-2/h6,8,12,14-15,17,19-20,22-23,35,38,42,44,51,54H,3-5,7,9-11,13,16,18,21,24-34,36-37,39-41,43,45-50H2,1-2H3/b8-6-,14-12-,17-15-,20-19-,23-22-,38-35-,44-42-. The first-order chi connectivity index (χ1) is 28.6. The molecule has 0 bridgehead atoms. The Morgan fingerprint density at radius 1 is 0.414 bits per heavy atom. The molecule has 0 spiro atoms. The van der Waals surface area contributed by atoms with Gasteiger partial charge in [-0.15, -0.1) is 0 Å². The Balaban J connectivity index is 3.51. The molecule has 0 aliphatic carbocycles. The third-order valence-electron chi connectivity index (χ3n) is 10.2. The molecule has 0 aromatic rings. The maximum Gasteiger partial charge on any atom is 0.306 e. The van der Waals surface area contributed by atoms with Crippen LogP contribution in [0.3, 0.4) is 0 Å². The molecule has 0 heterocycles. The first kappa shape index (κ1) is 55.1. The lowest BCUT2D eigenvalue weighted by Gasteiger charge is -2.15. The molecule has 0 amide bonds. The van der Waals surface area contributed by atoms with Crippen molar-refractivity contribution in [3.8, 4) is 0 Å². The van der Waals surface area contributed by atoms with Crippen LogP contribution in [-0.2, 0) is 19.1 Å². The molecular formula is C53H90O5. The van der Waals surface area contributed by atoms with Gasteiger partial charge in [0.15, 0.2) is 6.10 Å². The summed E-state index contributed by atoms with van der Waals surface area (Å²) in [5, 5.41) is 9.57. The highest BCUT2D eigenvalue weighted by Crippen LogP contribution is 2.15. The lowest BCUT2D eigenvalue weighted by atomic mass is 10.0. The minimum Gasteiger partial charge on any atom is -0.462 e. The second-order valence-electron chi connectivity index (χ2n) is 15.8. The lowest BCUT2D eigenvalue weighted by Crippen LogP contribution is -2.28. The van der Waals surface area contributed by atoms with E-state index in [0.29, 0.717) is 12.8 Å². The molecule has 0 saturated carbocycles. The van der Waals surface area contributed by atoms with Crippen molar-refractivity contribution in [1.29, 1.82) is 0 Å². The predicted octanol–water partition coefficient (Wildman–Crippen LogP) is 15.9. The number of hydrogen-bond acceptors (Lipinski definition) is 5. The molecule has 5 nitrogen and oxygen atoms in total. The average Bonchev–Trinajstić information content (AvgIpc) is 3.23. The largest absolute Gasteiger partial charge is 0.462 e. The van der Waals surface area contributed by atoms with E-state index in [9.17, 15) is 14.7 Å². The van der Waals surface area contributed by atoms with Crippen LogP contribution < -0.4 is 0 Å². The van der Waals surface area contributed by atoms with Gasteiger partial charge in [0.25, 0.3) is 0 Å². The van der Waals surface area contributed by atoms with E-state index in [1.54, 1.807) is 0 Å². The number of esters is 2. The SMILES string of the molecule is CC/C=C\C/C=C\C/C=C\C/C=C\CCC(=O)OC(CO)COC(=O)CCCCCCCCCCCCCCCCCC/C=C\C/C=C\C/C=C\CCCCCCC. The molecule has 0 saturated heterocycles. The first-order valence-corrected chi connectivity index (χ1v) is 24.1. The fraction of sp³-hybridized carbons (Fsp3) is 0.698. The summed E-state index contributed by atoms with van der Waals surface area (Å²) in [5.41, 5.74) is 0. The number of hydrogen-bond donors (Lipinski definition) is 1. The van der Waals surface area contributed by atoms with Crippen LogP contribution in [0.15, 0.2) is 85.1 Å². The van der Waals surface area contributed by atoms with Crippen molar-refractivity contribution in [2.24, 2.45) is 0 Å². The third-order valence-corrected chi connectivity index (χ3v) is 10.2. The zero-order valence-corrected chi connectivity index (χ0v) is 37.8. The van der Waals surface area contributed by atoms with Crippen LogP contribution >= 0.6 is 0 Å². The van der Waals surface area contributed by atoms with Crippen LogP contribution in [0, 0.1) is 0 Å². The molecule has 0 aromatic carbocycles. The molecule has 0 fully saturated rings. The van der Waals surface area contributed by atoms with Crippen LogP contribution in [0.4, 0.5) is 0 Å². The number of aliphatic hydroxyl groups is 1. The van der Waals surface area contributed by atoms with Gasteiger partial charge in [-0.2, -0.15) is 0 Å². The van der Waals surface area contributed by atoms with Crippen molar-refractivity contribution in [3.63, 3.8) is 0 Å². The fourth-order valence-corrected chi connectivity index (χ4v) is 6.58. The van der Waals surface area contributed by atoms with Gasteiger partial charge in [0.1, 0.15) is 6.61 Å². The van der Waals surface area contributed by atoms with Gasteiger partial charge in [0.05, 0.1) is 6.61 Å². The van der Waals surface area contributed by atoms with Crippen molar-refractivity contribution in [3.05, 3.63) is 85.1 Å². The van der Waals surface area contributed by atoms with Gasteiger partial charge in [-0.3, -0.25) is 9.59 Å². The van der Waals surface area contributed by atoms with Crippen molar-refractivity contribution >= 4 is 11.9 Å². The lowest BCUT2D eigenvalue weighted by molar-refractivity contribution is -0.161. The minimum absolute atomic E-state index is 0.0974. The fourth-order valence-electron chi connectivity index (χ4n) is 6.58. The minimum atomic E-state index is -0.813. The van der Waals surface area contributed by atoms with Gasteiger partial charge >= 0.3 is 11.9 Å². The molecule has 58 heavy (non-hydrogen) atoms. The maximum atomic E-state index is 12.1. The summed E-state index contributed by atoms with van der Waals surface area (Å²) in [6, 6.07) is 0. The monoisotopic (exact) mass is 807 g/mol. The van der Waals surface area contributed by atoms with E-state index in [4.69, 9.17) is 9.47 Å². The van der Waals surface area contributed by atoms with E-state index >= 15 is 0 Å². The molecule has 0 aromatic heterocycles. The molecule has 1 atom stereocenters. The van der Waals surface area contributed by atoms with Crippen molar-refractivity contribution in [2.75, 3.05) is 13.2 Å². The van der Waals surface area contributed by atoms with Gasteiger partial charge in [-0.05, 0) is 77.0 Å². The molecule has 1 N–H and O–H groups in total. The summed E-state index contributed by atoms with van der Waals surface area (Å²) in [6.45, 7) is 3.95. The van der Waals surface area contributed by atoms with E-state index in [1.807, 2.05) is 12.2 Å². The topological polar surface area (TPSA) is 72.8 Å². The summed E-state index contributed by atoms with van der Waals surface area (Å²) in [6.07, 6.45) is 67.0. The number of aliphatic hydroxyl groups excluding tert-OH is 1. The first-order valence-electron chi connectivity index (χ1n) is 24.1. The zero-order valence-electron chi connectivity index (χ0n) is 37.8. The Labute approximate surface area is 358 Å².